The zero-order chi connectivity index (χ0) is 14.7. The minimum Gasteiger partial charge on any atom is -0.371 e. The van der Waals surface area contributed by atoms with Gasteiger partial charge < -0.3 is 10.1 Å². The standard InChI is InChI=1S/C17H23N3O/c1-17(2)9-8-15(21-17)13-18-12-14-6-3-4-7-16(14)20-11-5-10-19-20/h3-7,10-11,15,18H,8-9,12-13H2,1-2H3. The number of hydrogen-bond acceptors (Lipinski definition) is 3. The summed E-state index contributed by atoms with van der Waals surface area (Å²) in [4.78, 5) is 0. The molecule has 1 atom stereocenters. The number of aromatic nitrogens is 2. The van der Waals surface area contributed by atoms with Crippen LogP contribution >= 0.6 is 0 Å². The Hall–Kier alpha value is -1.65. The molecule has 4 nitrogen and oxygen atoms in total. The van der Waals surface area contributed by atoms with E-state index >= 15 is 0 Å². The average Bonchev–Trinajstić information content (AvgIpc) is 3.09. The van der Waals surface area contributed by atoms with Crippen LogP contribution in [0.2, 0.25) is 0 Å². The van der Waals surface area contributed by atoms with Crippen molar-refractivity contribution in [2.45, 2.75) is 44.9 Å². The van der Waals surface area contributed by atoms with Gasteiger partial charge in [-0.2, -0.15) is 5.10 Å². The van der Waals surface area contributed by atoms with Gasteiger partial charge in [0.1, 0.15) is 0 Å². The zero-order valence-corrected chi connectivity index (χ0v) is 12.7. The van der Waals surface area contributed by atoms with E-state index in [1.54, 1.807) is 6.20 Å². The monoisotopic (exact) mass is 285 g/mol. The lowest BCUT2D eigenvalue weighted by molar-refractivity contribution is -0.0142. The summed E-state index contributed by atoms with van der Waals surface area (Å²) < 4.78 is 7.92. The maximum atomic E-state index is 6.01. The van der Waals surface area contributed by atoms with Gasteiger partial charge in [-0.15, -0.1) is 0 Å². The van der Waals surface area contributed by atoms with Gasteiger partial charge in [0, 0.05) is 25.5 Å². The molecule has 1 aromatic carbocycles. The molecule has 1 aliphatic heterocycles. The molecule has 3 rings (SSSR count). The van der Waals surface area contributed by atoms with E-state index in [0.29, 0.717) is 6.10 Å². The summed E-state index contributed by atoms with van der Waals surface area (Å²) in [6.45, 7) is 6.06. The number of hydrogen-bond donors (Lipinski definition) is 1. The van der Waals surface area contributed by atoms with Crippen molar-refractivity contribution in [3.63, 3.8) is 0 Å². The van der Waals surface area contributed by atoms with Gasteiger partial charge >= 0.3 is 0 Å². The lowest BCUT2D eigenvalue weighted by Gasteiger charge is -2.19. The van der Waals surface area contributed by atoms with Crippen molar-refractivity contribution in [2.24, 2.45) is 0 Å². The molecule has 1 aliphatic rings. The van der Waals surface area contributed by atoms with Crippen molar-refractivity contribution in [1.82, 2.24) is 15.1 Å². The molecule has 2 heterocycles. The third-order valence-corrected chi connectivity index (χ3v) is 3.98. The smallest absolute Gasteiger partial charge is 0.0707 e. The lowest BCUT2D eigenvalue weighted by Crippen LogP contribution is -2.29. The van der Waals surface area contributed by atoms with Gasteiger partial charge in [-0.3, -0.25) is 0 Å². The fourth-order valence-electron chi connectivity index (χ4n) is 2.88. The Kier molecular flexibility index (Phi) is 4.08. The van der Waals surface area contributed by atoms with Gasteiger partial charge in [0.2, 0.25) is 0 Å². The van der Waals surface area contributed by atoms with Crippen LogP contribution in [0.3, 0.4) is 0 Å². The Morgan fingerprint density at radius 1 is 1.33 bits per heavy atom. The van der Waals surface area contributed by atoms with Crippen molar-refractivity contribution in [3.8, 4) is 5.69 Å². The maximum Gasteiger partial charge on any atom is 0.0707 e. The van der Waals surface area contributed by atoms with E-state index < -0.39 is 0 Å². The zero-order valence-electron chi connectivity index (χ0n) is 12.7. The quantitative estimate of drug-likeness (QED) is 0.918. The first kappa shape index (κ1) is 14.3. The molecule has 0 radical (unpaired) electrons. The van der Waals surface area contributed by atoms with Crippen LogP contribution in [-0.2, 0) is 11.3 Å². The summed E-state index contributed by atoms with van der Waals surface area (Å²) in [5.74, 6) is 0. The molecule has 4 heteroatoms. The second-order valence-electron chi connectivity index (χ2n) is 6.25. The Balaban J connectivity index is 1.59. The first-order valence-corrected chi connectivity index (χ1v) is 7.60. The second-order valence-corrected chi connectivity index (χ2v) is 6.25. The van der Waals surface area contributed by atoms with Crippen LogP contribution in [-0.4, -0.2) is 28.0 Å². The molecule has 1 N–H and O–H groups in total. The summed E-state index contributed by atoms with van der Waals surface area (Å²) in [6.07, 6.45) is 6.39. The third-order valence-electron chi connectivity index (χ3n) is 3.98. The van der Waals surface area contributed by atoms with Crippen LogP contribution in [0.15, 0.2) is 42.7 Å². The first-order chi connectivity index (χ1) is 10.1. The third kappa shape index (κ3) is 3.52. The summed E-state index contributed by atoms with van der Waals surface area (Å²) in [5.41, 5.74) is 2.42. The molecule has 112 valence electrons. The number of para-hydroxylation sites is 1. The minimum atomic E-state index is 0.0410. The number of benzene rings is 1. The average molecular weight is 285 g/mol. The van der Waals surface area contributed by atoms with E-state index in [1.165, 1.54) is 5.56 Å². The number of nitrogens with one attached hydrogen (secondary N) is 1. The van der Waals surface area contributed by atoms with Crippen LogP contribution in [0.25, 0.3) is 5.69 Å². The number of nitrogens with zero attached hydrogens (tertiary/aromatic N) is 2. The summed E-state index contributed by atoms with van der Waals surface area (Å²) >= 11 is 0. The van der Waals surface area contributed by atoms with E-state index in [2.05, 4.69) is 42.5 Å². The molecule has 1 aromatic heterocycles. The Morgan fingerprint density at radius 3 is 2.90 bits per heavy atom. The summed E-state index contributed by atoms with van der Waals surface area (Å²) in [6, 6.07) is 10.3. The highest BCUT2D eigenvalue weighted by molar-refractivity contribution is 5.40. The van der Waals surface area contributed by atoms with E-state index in [4.69, 9.17) is 4.74 Å². The number of ether oxygens (including phenoxy) is 1. The van der Waals surface area contributed by atoms with E-state index in [9.17, 15) is 0 Å². The SMILES string of the molecule is CC1(C)CCC(CNCc2ccccc2-n2cccn2)O1. The van der Waals surface area contributed by atoms with Crippen molar-refractivity contribution < 1.29 is 4.74 Å². The van der Waals surface area contributed by atoms with Crippen LogP contribution in [0.1, 0.15) is 32.3 Å². The molecule has 2 aromatic rings. The highest BCUT2D eigenvalue weighted by atomic mass is 16.5. The predicted octanol–water partition coefficient (Wildman–Crippen LogP) is 2.92. The van der Waals surface area contributed by atoms with Crippen LogP contribution in [0.5, 0.6) is 0 Å². The molecule has 0 bridgehead atoms. The molecule has 1 saturated heterocycles. The van der Waals surface area contributed by atoms with E-state index in [1.807, 2.05) is 23.0 Å². The summed E-state index contributed by atoms with van der Waals surface area (Å²) in [5, 5.41) is 7.83. The normalized spacial score (nSPS) is 20.8. The molecule has 0 aliphatic carbocycles. The van der Waals surface area contributed by atoms with Gasteiger partial charge in [0.05, 0.1) is 17.4 Å². The summed E-state index contributed by atoms with van der Waals surface area (Å²) in [7, 11) is 0. The fraction of sp³-hybridized carbons (Fsp3) is 0.471. The molecule has 0 spiro atoms. The molecule has 0 amide bonds. The molecule has 1 unspecified atom stereocenters. The van der Waals surface area contributed by atoms with Gasteiger partial charge in [-0.05, 0) is 44.4 Å². The van der Waals surface area contributed by atoms with Gasteiger partial charge in [-0.1, -0.05) is 18.2 Å². The largest absolute Gasteiger partial charge is 0.371 e. The maximum absolute atomic E-state index is 6.01. The Bertz CT molecular complexity index is 577. The number of rotatable bonds is 5. The van der Waals surface area contributed by atoms with Gasteiger partial charge in [0.25, 0.3) is 0 Å². The minimum absolute atomic E-state index is 0.0410. The van der Waals surface area contributed by atoms with E-state index in [0.717, 1.165) is 31.6 Å². The highest BCUT2D eigenvalue weighted by Crippen LogP contribution is 2.28. The first-order valence-electron chi connectivity index (χ1n) is 7.60. The molecule has 21 heavy (non-hydrogen) atoms. The predicted molar refractivity (Wildman–Crippen MR) is 83.5 cm³/mol. The van der Waals surface area contributed by atoms with Crippen molar-refractivity contribution in [3.05, 3.63) is 48.3 Å². The van der Waals surface area contributed by atoms with Crippen molar-refractivity contribution in [1.29, 1.82) is 0 Å². The molecule has 0 saturated carbocycles. The molecule has 1 fully saturated rings. The topological polar surface area (TPSA) is 39.1 Å². The molecular formula is C17H23N3O. The van der Waals surface area contributed by atoms with Crippen LogP contribution in [0.4, 0.5) is 0 Å². The van der Waals surface area contributed by atoms with E-state index in [-0.39, 0.29) is 5.60 Å². The fourth-order valence-corrected chi connectivity index (χ4v) is 2.88. The molecular weight excluding hydrogens is 262 g/mol. The Labute approximate surface area is 126 Å². The van der Waals surface area contributed by atoms with Gasteiger partial charge in [-0.25, -0.2) is 4.68 Å². The Morgan fingerprint density at radius 2 is 2.19 bits per heavy atom. The lowest BCUT2D eigenvalue weighted by atomic mass is 10.1. The second kappa shape index (κ2) is 6.00. The van der Waals surface area contributed by atoms with Crippen molar-refractivity contribution in [2.75, 3.05) is 6.54 Å². The van der Waals surface area contributed by atoms with Gasteiger partial charge in [0.15, 0.2) is 0 Å². The van der Waals surface area contributed by atoms with Crippen LogP contribution in [0, 0.1) is 0 Å². The highest BCUT2D eigenvalue weighted by Gasteiger charge is 2.31. The van der Waals surface area contributed by atoms with Crippen LogP contribution < -0.4 is 5.32 Å². The van der Waals surface area contributed by atoms with Crippen molar-refractivity contribution >= 4 is 0 Å².